The lowest BCUT2D eigenvalue weighted by atomic mass is 10.0. The maximum absolute atomic E-state index is 11.5. The van der Waals surface area contributed by atoms with Gasteiger partial charge in [0, 0.05) is 5.54 Å². The number of rotatable bonds is 5. The van der Waals surface area contributed by atoms with Gasteiger partial charge in [-0.25, -0.2) is 0 Å². The predicted octanol–water partition coefficient (Wildman–Crippen LogP) is 0.391. The van der Waals surface area contributed by atoms with Crippen LogP contribution in [0.5, 0.6) is 0 Å². The number of carbonyl (C=O) groups is 2. The first-order valence-corrected chi connectivity index (χ1v) is 5.96. The Kier molecular flexibility index (Phi) is 6.16. The van der Waals surface area contributed by atoms with Crippen LogP contribution in [0, 0.1) is 5.92 Å². The first kappa shape index (κ1) is 15.9. The van der Waals surface area contributed by atoms with Crippen LogP contribution >= 0.6 is 0 Å². The molecule has 1 atom stereocenters. The zero-order valence-electron chi connectivity index (χ0n) is 11.5. The van der Waals surface area contributed by atoms with Gasteiger partial charge in [-0.1, -0.05) is 13.8 Å². The zero-order valence-corrected chi connectivity index (χ0v) is 11.5. The molecule has 100 valence electrons. The van der Waals surface area contributed by atoms with Gasteiger partial charge < -0.3 is 16.4 Å². The van der Waals surface area contributed by atoms with Crippen LogP contribution in [0.1, 0.15) is 41.0 Å². The molecule has 0 heterocycles. The number of amides is 2. The molecule has 0 aliphatic carbocycles. The van der Waals surface area contributed by atoms with Crippen molar-refractivity contribution in [1.82, 2.24) is 10.6 Å². The average Bonchev–Trinajstić information content (AvgIpc) is 2.10. The molecule has 0 rings (SSSR count). The molecule has 0 aromatic heterocycles. The van der Waals surface area contributed by atoms with Gasteiger partial charge in [0.05, 0.1) is 12.6 Å². The van der Waals surface area contributed by atoms with E-state index in [4.69, 9.17) is 5.73 Å². The Bertz CT molecular complexity index is 269. The molecule has 17 heavy (non-hydrogen) atoms. The number of nitrogens with two attached hydrogens (primary N) is 1. The van der Waals surface area contributed by atoms with Crippen LogP contribution in [-0.4, -0.2) is 29.9 Å². The maximum atomic E-state index is 11.5. The Hall–Kier alpha value is -1.10. The number of nitrogens with one attached hydrogen (secondary N) is 2. The topological polar surface area (TPSA) is 84.2 Å². The molecule has 0 bridgehead atoms. The molecule has 1 unspecified atom stereocenters. The fourth-order valence-corrected chi connectivity index (χ4v) is 1.38. The Morgan fingerprint density at radius 2 is 1.76 bits per heavy atom. The summed E-state index contributed by atoms with van der Waals surface area (Å²) in [6.45, 7) is 9.63. The second kappa shape index (κ2) is 6.59. The van der Waals surface area contributed by atoms with E-state index in [1.807, 2.05) is 34.6 Å². The van der Waals surface area contributed by atoms with Crippen molar-refractivity contribution in [1.29, 1.82) is 0 Å². The van der Waals surface area contributed by atoms with E-state index in [0.29, 0.717) is 12.3 Å². The molecule has 0 radical (unpaired) electrons. The quantitative estimate of drug-likeness (QED) is 0.653. The highest BCUT2D eigenvalue weighted by molar-refractivity contribution is 5.87. The minimum absolute atomic E-state index is 0.0259. The molecule has 5 nitrogen and oxygen atoms in total. The van der Waals surface area contributed by atoms with Crippen LogP contribution in [0.25, 0.3) is 0 Å². The third kappa shape index (κ3) is 8.68. The molecule has 0 spiro atoms. The lowest BCUT2D eigenvalue weighted by Crippen LogP contribution is -2.49. The standard InChI is InChI=1S/C12H25N3O2/c1-8(2)6-9(13)11(17)14-7-10(16)15-12(3,4)5/h8-9H,6-7,13H2,1-5H3,(H,14,17)(H,15,16). The van der Waals surface area contributed by atoms with Crippen molar-refractivity contribution in [2.45, 2.75) is 52.6 Å². The molecular formula is C12H25N3O2. The molecule has 0 fully saturated rings. The van der Waals surface area contributed by atoms with Crippen molar-refractivity contribution in [2.75, 3.05) is 6.54 Å². The fourth-order valence-electron chi connectivity index (χ4n) is 1.38. The molecule has 0 saturated carbocycles. The monoisotopic (exact) mass is 243 g/mol. The molecule has 0 saturated heterocycles. The second-order valence-corrected chi connectivity index (χ2v) is 5.75. The third-order valence-electron chi connectivity index (χ3n) is 2.00. The fraction of sp³-hybridized carbons (Fsp3) is 0.833. The van der Waals surface area contributed by atoms with E-state index in [2.05, 4.69) is 10.6 Å². The van der Waals surface area contributed by atoms with Crippen LogP contribution in [0.3, 0.4) is 0 Å². The molecule has 0 aliphatic rings. The molecule has 4 N–H and O–H groups in total. The number of carbonyl (C=O) groups excluding carboxylic acids is 2. The van der Waals surface area contributed by atoms with Crippen molar-refractivity contribution >= 4 is 11.8 Å². The Morgan fingerprint density at radius 3 is 2.18 bits per heavy atom. The molecule has 0 aliphatic heterocycles. The summed E-state index contributed by atoms with van der Waals surface area (Å²) in [5.74, 6) is -0.121. The van der Waals surface area contributed by atoms with E-state index in [1.54, 1.807) is 0 Å². The van der Waals surface area contributed by atoms with E-state index >= 15 is 0 Å². The van der Waals surface area contributed by atoms with Gasteiger partial charge in [0.1, 0.15) is 0 Å². The Morgan fingerprint density at radius 1 is 1.24 bits per heavy atom. The molecule has 0 aromatic rings. The van der Waals surface area contributed by atoms with Crippen molar-refractivity contribution in [3.63, 3.8) is 0 Å². The van der Waals surface area contributed by atoms with E-state index in [9.17, 15) is 9.59 Å². The lowest BCUT2D eigenvalue weighted by Gasteiger charge is -2.21. The van der Waals surface area contributed by atoms with Gasteiger partial charge in [-0.15, -0.1) is 0 Å². The van der Waals surface area contributed by atoms with Crippen LogP contribution in [0.15, 0.2) is 0 Å². The summed E-state index contributed by atoms with van der Waals surface area (Å²) in [6, 6.07) is -0.544. The van der Waals surface area contributed by atoms with Crippen molar-refractivity contribution < 1.29 is 9.59 Å². The SMILES string of the molecule is CC(C)CC(N)C(=O)NCC(=O)NC(C)(C)C. The van der Waals surface area contributed by atoms with E-state index in [0.717, 1.165) is 0 Å². The Labute approximate surface area is 104 Å². The van der Waals surface area contributed by atoms with Crippen LogP contribution < -0.4 is 16.4 Å². The number of hydrogen-bond donors (Lipinski definition) is 3. The van der Waals surface area contributed by atoms with Crippen LogP contribution in [0.2, 0.25) is 0 Å². The van der Waals surface area contributed by atoms with E-state index in [-0.39, 0.29) is 23.9 Å². The van der Waals surface area contributed by atoms with E-state index < -0.39 is 6.04 Å². The van der Waals surface area contributed by atoms with Crippen molar-refractivity contribution in [3.8, 4) is 0 Å². The maximum Gasteiger partial charge on any atom is 0.239 e. The molecule has 0 aromatic carbocycles. The molecule has 2 amide bonds. The first-order valence-electron chi connectivity index (χ1n) is 5.96. The molecule has 5 heteroatoms. The second-order valence-electron chi connectivity index (χ2n) is 5.75. The summed E-state index contributed by atoms with van der Waals surface area (Å²) in [7, 11) is 0. The normalized spacial score (nSPS) is 13.4. The van der Waals surface area contributed by atoms with Gasteiger partial charge in [-0.3, -0.25) is 9.59 Å². The molecular weight excluding hydrogens is 218 g/mol. The van der Waals surface area contributed by atoms with Gasteiger partial charge in [0.15, 0.2) is 0 Å². The minimum atomic E-state index is -0.544. The highest BCUT2D eigenvalue weighted by atomic mass is 16.2. The van der Waals surface area contributed by atoms with Crippen molar-refractivity contribution in [2.24, 2.45) is 11.7 Å². The third-order valence-corrected chi connectivity index (χ3v) is 2.00. The largest absolute Gasteiger partial charge is 0.350 e. The summed E-state index contributed by atoms with van der Waals surface area (Å²) in [6.07, 6.45) is 0.618. The highest BCUT2D eigenvalue weighted by Crippen LogP contribution is 2.02. The Balaban J connectivity index is 3.96. The van der Waals surface area contributed by atoms with Crippen molar-refractivity contribution in [3.05, 3.63) is 0 Å². The first-order chi connectivity index (χ1) is 7.61. The number of hydrogen-bond acceptors (Lipinski definition) is 3. The van der Waals surface area contributed by atoms with Gasteiger partial charge in [0.25, 0.3) is 0 Å². The van der Waals surface area contributed by atoms with Crippen LogP contribution in [-0.2, 0) is 9.59 Å². The highest BCUT2D eigenvalue weighted by Gasteiger charge is 2.17. The van der Waals surface area contributed by atoms with Gasteiger partial charge in [-0.2, -0.15) is 0 Å². The van der Waals surface area contributed by atoms with Gasteiger partial charge in [0.2, 0.25) is 11.8 Å². The average molecular weight is 243 g/mol. The van der Waals surface area contributed by atoms with E-state index in [1.165, 1.54) is 0 Å². The zero-order chi connectivity index (χ0) is 13.6. The minimum Gasteiger partial charge on any atom is -0.350 e. The summed E-state index contributed by atoms with van der Waals surface area (Å²) in [5, 5.41) is 5.29. The summed E-state index contributed by atoms with van der Waals surface area (Å²) >= 11 is 0. The summed E-state index contributed by atoms with van der Waals surface area (Å²) in [4.78, 5) is 23.0. The lowest BCUT2D eigenvalue weighted by molar-refractivity contribution is -0.127. The summed E-state index contributed by atoms with van der Waals surface area (Å²) < 4.78 is 0. The van der Waals surface area contributed by atoms with Gasteiger partial charge >= 0.3 is 0 Å². The predicted molar refractivity (Wildman–Crippen MR) is 68.3 cm³/mol. The van der Waals surface area contributed by atoms with Gasteiger partial charge in [-0.05, 0) is 33.1 Å². The van der Waals surface area contributed by atoms with Crippen LogP contribution in [0.4, 0.5) is 0 Å². The summed E-state index contributed by atoms with van der Waals surface area (Å²) in [5.41, 5.74) is 5.40. The smallest absolute Gasteiger partial charge is 0.239 e.